The first-order chi connectivity index (χ1) is 9.91. The highest BCUT2D eigenvalue weighted by Gasteiger charge is 2.22. The van der Waals surface area contributed by atoms with Gasteiger partial charge in [-0.05, 0) is 38.8 Å². The highest BCUT2D eigenvalue weighted by Crippen LogP contribution is 2.22. The number of nitrogens with one attached hydrogen (secondary N) is 1. The molecule has 1 aromatic carbocycles. The van der Waals surface area contributed by atoms with Gasteiger partial charge in [-0.15, -0.1) is 0 Å². The van der Waals surface area contributed by atoms with Crippen LogP contribution in [0.1, 0.15) is 25.0 Å². The van der Waals surface area contributed by atoms with Crippen molar-refractivity contribution in [3.63, 3.8) is 0 Å². The first-order valence-electron chi connectivity index (χ1n) is 7.68. The van der Waals surface area contributed by atoms with E-state index in [0.717, 1.165) is 50.3 Å². The van der Waals surface area contributed by atoms with Gasteiger partial charge in [0.2, 0.25) is 0 Å². The number of benzene rings is 1. The minimum Gasteiger partial charge on any atom is -0.314 e. The first-order valence-corrected chi connectivity index (χ1v) is 9.22. The van der Waals surface area contributed by atoms with Crippen LogP contribution in [-0.4, -0.2) is 51.3 Å². The lowest BCUT2D eigenvalue weighted by molar-refractivity contribution is 0.243. The van der Waals surface area contributed by atoms with Gasteiger partial charge in [0, 0.05) is 32.7 Å². The van der Waals surface area contributed by atoms with Crippen LogP contribution >= 0.6 is 0 Å². The second-order valence-electron chi connectivity index (χ2n) is 6.05. The molecule has 1 saturated heterocycles. The zero-order chi connectivity index (χ0) is 15.5. The molecule has 0 spiro atoms. The van der Waals surface area contributed by atoms with Crippen molar-refractivity contribution in [2.75, 3.05) is 32.7 Å². The summed E-state index contributed by atoms with van der Waals surface area (Å²) >= 11 is 0. The van der Waals surface area contributed by atoms with E-state index < -0.39 is 9.84 Å². The van der Waals surface area contributed by atoms with Crippen LogP contribution in [0.5, 0.6) is 0 Å². The quantitative estimate of drug-likeness (QED) is 0.898. The van der Waals surface area contributed by atoms with Crippen molar-refractivity contribution in [3.05, 3.63) is 29.3 Å². The third-order valence-corrected chi connectivity index (χ3v) is 6.30. The van der Waals surface area contributed by atoms with Gasteiger partial charge in [-0.2, -0.15) is 0 Å². The molecule has 0 aromatic heterocycles. The molecular formula is C16H26N2O2S. The van der Waals surface area contributed by atoms with E-state index >= 15 is 0 Å². The Labute approximate surface area is 128 Å². The van der Waals surface area contributed by atoms with Gasteiger partial charge >= 0.3 is 0 Å². The lowest BCUT2D eigenvalue weighted by Gasteiger charge is -2.27. The molecule has 1 aliphatic heterocycles. The molecule has 0 saturated carbocycles. The summed E-state index contributed by atoms with van der Waals surface area (Å²) in [5, 5.41) is 2.96. The molecule has 0 aliphatic carbocycles. The first kappa shape index (κ1) is 16.5. The van der Waals surface area contributed by atoms with Crippen LogP contribution in [0.15, 0.2) is 23.1 Å². The fourth-order valence-electron chi connectivity index (χ4n) is 2.65. The van der Waals surface area contributed by atoms with E-state index in [-0.39, 0.29) is 5.25 Å². The van der Waals surface area contributed by atoms with Crippen molar-refractivity contribution in [2.45, 2.75) is 37.3 Å². The molecule has 2 rings (SSSR count). The third-order valence-electron chi connectivity index (χ3n) is 4.05. The van der Waals surface area contributed by atoms with Crippen LogP contribution in [0.4, 0.5) is 0 Å². The maximum atomic E-state index is 12.5. The van der Waals surface area contributed by atoms with Gasteiger partial charge in [-0.1, -0.05) is 17.7 Å². The van der Waals surface area contributed by atoms with Crippen LogP contribution in [-0.2, 0) is 16.3 Å². The van der Waals surface area contributed by atoms with E-state index in [2.05, 4.69) is 10.2 Å². The molecule has 21 heavy (non-hydrogen) atoms. The number of piperazine rings is 1. The number of sulfone groups is 1. The Bertz CT molecular complexity index is 576. The SMILES string of the molecule is Cc1ccc(S(=O)(=O)C(C)C)c(CCN2CCNCC2)c1. The number of nitrogens with zero attached hydrogens (tertiary/aromatic N) is 1. The van der Waals surface area contributed by atoms with Gasteiger partial charge in [-0.3, -0.25) is 0 Å². The topological polar surface area (TPSA) is 49.4 Å². The maximum Gasteiger partial charge on any atom is 0.180 e. The van der Waals surface area contributed by atoms with E-state index in [1.54, 1.807) is 19.9 Å². The van der Waals surface area contributed by atoms with Crippen molar-refractivity contribution < 1.29 is 8.42 Å². The Morgan fingerprint density at radius 2 is 1.90 bits per heavy atom. The Kier molecular flexibility index (Phi) is 5.41. The number of aryl methyl sites for hydroxylation is 1. The van der Waals surface area contributed by atoms with Crippen LogP contribution < -0.4 is 5.32 Å². The second kappa shape index (κ2) is 6.90. The Balaban J connectivity index is 2.19. The van der Waals surface area contributed by atoms with Gasteiger partial charge in [0.15, 0.2) is 9.84 Å². The fraction of sp³-hybridized carbons (Fsp3) is 0.625. The van der Waals surface area contributed by atoms with Gasteiger partial charge in [0.1, 0.15) is 0 Å². The molecule has 1 heterocycles. The van der Waals surface area contributed by atoms with Crippen molar-refractivity contribution in [3.8, 4) is 0 Å². The molecule has 1 N–H and O–H groups in total. The van der Waals surface area contributed by atoms with Crippen molar-refractivity contribution >= 4 is 9.84 Å². The smallest absolute Gasteiger partial charge is 0.180 e. The maximum absolute atomic E-state index is 12.5. The molecule has 5 heteroatoms. The lowest BCUT2D eigenvalue weighted by Crippen LogP contribution is -2.44. The van der Waals surface area contributed by atoms with Gasteiger partial charge in [0.05, 0.1) is 10.1 Å². The standard InChI is InChI=1S/C16H26N2O2S/c1-13(2)21(19,20)16-5-4-14(3)12-15(16)6-9-18-10-7-17-8-11-18/h4-5,12-13,17H,6-11H2,1-3H3. The number of hydrogen-bond donors (Lipinski definition) is 1. The minimum atomic E-state index is -3.21. The van der Waals surface area contributed by atoms with E-state index in [4.69, 9.17) is 0 Å². The summed E-state index contributed by atoms with van der Waals surface area (Å²) in [6.07, 6.45) is 0.795. The number of hydrogen-bond acceptors (Lipinski definition) is 4. The molecule has 1 aromatic rings. The Morgan fingerprint density at radius 1 is 1.24 bits per heavy atom. The molecule has 0 amide bonds. The molecular weight excluding hydrogens is 284 g/mol. The predicted octanol–water partition coefficient (Wildman–Crippen LogP) is 1.62. The molecule has 0 radical (unpaired) electrons. The third kappa shape index (κ3) is 4.05. The average Bonchev–Trinajstić information content (AvgIpc) is 2.46. The summed E-state index contributed by atoms with van der Waals surface area (Å²) in [5.74, 6) is 0. The highest BCUT2D eigenvalue weighted by molar-refractivity contribution is 7.92. The molecule has 118 valence electrons. The van der Waals surface area contributed by atoms with E-state index in [1.165, 1.54) is 0 Å². The highest BCUT2D eigenvalue weighted by atomic mass is 32.2. The summed E-state index contributed by atoms with van der Waals surface area (Å²) in [6, 6.07) is 5.69. The zero-order valence-electron chi connectivity index (χ0n) is 13.2. The van der Waals surface area contributed by atoms with Crippen molar-refractivity contribution in [1.29, 1.82) is 0 Å². The van der Waals surface area contributed by atoms with E-state index in [1.807, 2.05) is 19.1 Å². The molecule has 1 fully saturated rings. The van der Waals surface area contributed by atoms with Crippen molar-refractivity contribution in [1.82, 2.24) is 10.2 Å². The summed E-state index contributed by atoms with van der Waals surface area (Å²) in [6.45, 7) is 10.5. The molecule has 4 nitrogen and oxygen atoms in total. The van der Waals surface area contributed by atoms with E-state index in [0.29, 0.717) is 4.90 Å². The lowest BCUT2D eigenvalue weighted by atomic mass is 10.1. The average molecular weight is 310 g/mol. The van der Waals surface area contributed by atoms with E-state index in [9.17, 15) is 8.42 Å². The minimum absolute atomic E-state index is 0.377. The van der Waals surface area contributed by atoms with Crippen LogP contribution in [0.3, 0.4) is 0 Å². The largest absolute Gasteiger partial charge is 0.314 e. The second-order valence-corrected chi connectivity index (χ2v) is 8.52. The molecule has 0 unspecified atom stereocenters. The monoisotopic (exact) mass is 310 g/mol. The van der Waals surface area contributed by atoms with Crippen LogP contribution in [0.2, 0.25) is 0 Å². The summed E-state index contributed by atoms with van der Waals surface area (Å²) in [4.78, 5) is 2.91. The van der Waals surface area contributed by atoms with Gasteiger partial charge < -0.3 is 10.2 Å². The molecule has 0 atom stereocenters. The summed E-state index contributed by atoms with van der Waals surface area (Å²) in [7, 11) is -3.21. The van der Waals surface area contributed by atoms with Gasteiger partial charge in [0.25, 0.3) is 0 Å². The Morgan fingerprint density at radius 3 is 2.52 bits per heavy atom. The van der Waals surface area contributed by atoms with Crippen LogP contribution in [0.25, 0.3) is 0 Å². The van der Waals surface area contributed by atoms with Gasteiger partial charge in [-0.25, -0.2) is 8.42 Å². The zero-order valence-corrected chi connectivity index (χ0v) is 14.0. The van der Waals surface area contributed by atoms with Crippen LogP contribution in [0, 0.1) is 6.92 Å². The Hall–Kier alpha value is -0.910. The summed E-state index contributed by atoms with van der Waals surface area (Å²) in [5.41, 5.74) is 2.08. The fourth-order valence-corrected chi connectivity index (χ4v) is 3.94. The van der Waals surface area contributed by atoms with Crippen molar-refractivity contribution in [2.24, 2.45) is 0 Å². The normalized spacial score (nSPS) is 17.3. The summed E-state index contributed by atoms with van der Waals surface area (Å²) < 4.78 is 25.0. The molecule has 1 aliphatic rings. The predicted molar refractivity (Wildman–Crippen MR) is 86.5 cm³/mol. The number of rotatable bonds is 5. The molecule has 0 bridgehead atoms.